The zero-order valence-electron chi connectivity index (χ0n) is 35.8. The fourth-order valence-corrected chi connectivity index (χ4v) is 8.18. The number of rotatable bonds is 6. The summed E-state index contributed by atoms with van der Waals surface area (Å²) in [5, 5.41) is 11.3. The van der Waals surface area contributed by atoms with Crippen molar-refractivity contribution in [2.45, 2.75) is 91.4 Å². The number of nitrogens with zero attached hydrogens (tertiary/aromatic N) is 3. The number of benzene rings is 5. The monoisotopic (exact) mass is 955 g/mol. The molecule has 302 valence electrons. The minimum Gasteiger partial charge on any atom is -0.507 e. The van der Waals surface area contributed by atoms with Gasteiger partial charge in [0, 0.05) is 38.6 Å². The molecule has 0 spiro atoms. The van der Waals surface area contributed by atoms with E-state index in [1.54, 1.807) is 6.07 Å². The number of imidazole rings is 1. The molecule has 5 heteroatoms. The van der Waals surface area contributed by atoms with E-state index in [-0.39, 0.29) is 43.1 Å². The molecule has 7 aromatic rings. The molecule has 0 saturated heterocycles. The first-order valence-electron chi connectivity index (χ1n) is 20.5. The molecule has 1 aliphatic carbocycles. The molecule has 0 unspecified atom stereocenters. The van der Waals surface area contributed by atoms with Crippen molar-refractivity contribution in [3.05, 3.63) is 167 Å². The van der Waals surface area contributed by atoms with Crippen LogP contribution in [-0.4, -0.2) is 19.6 Å². The van der Waals surface area contributed by atoms with Crippen LogP contribution in [0.2, 0.25) is 0 Å². The second kappa shape index (κ2) is 15.7. The van der Waals surface area contributed by atoms with E-state index in [1.807, 2.05) is 30.5 Å². The third-order valence-corrected chi connectivity index (χ3v) is 11.6. The van der Waals surface area contributed by atoms with Gasteiger partial charge in [0.05, 0.1) is 16.6 Å². The van der Waals surface area contributed by atoms with Crippen LogP contribution in [-0.2, 0) is 43.7 Å². The summed E-state index contributed by atoms with van der Waals surface area (Å²) in [6, 6.07) is 42.1. The smallest absolute Gasteiger partial charge is 0.148 e. The fourth-order valence-electron chi connectivity index (χ4n) is 8.18. The Labute approximate surface area is 365 Å². The van der Waals surface area contributed by atoms with Gasteiger partial charge in [-0.3, -0.25) is 9.55 Å². The first-order chi connectivity index (χ1) is 27.5. The number of para-hydroxylation sites is 2. The molecule has 59 heavy (non-hydrogen) atoms. The molecule has 2 heterocycles. The van der Waals surface area contributed by atoms with E-state index in [4.69, 9.17) is 9.97 Å². The van der Waals surface area contributed by atoms with Gasteiger partial charge in [-0.15, -0.1) is 29.3 Å². The Hall–Kier alpha value is -5.31. The maximum absolute atomic E-state index is 11.3. The number of pyridine rings is 1. The summed E-state index contributed by atoms with van der Waals surface area (Å²) in [6.07, 6.45) is 5.94. The maximum atomic E-state index is 11.3. The van der Waals surface area contributed by atoms with E-state index < -0.39 is 0 Å². The summed E-state index contributed by atoms with van der Waals surface area (Å²) in [7, 11) is 0. The van der Waals surface area contributed by atoms with Crippen LogP contribution in [0.5, 0.6) is 5.75 Å². The second-order valence-corrected chi connectivity index (χ2v) is 18.9. The van der Waals surface area contributed by atoms with Gasteiger partial charge in [-0.1, -0.05) is 147 Å². The topological polar surface area (TPSA) is 50.9 Å². The van der Waals surface area contributed by atoms with Crippen LogP contribution in [0.25, 0.3) is 61.6 Å². The van der Waals surface area contributed by atoms with Gasteiger partial charge in [-0.25, -0.2) is 4.98 Å². The van der Waals surface area contributed by atoms with Crippen molar-refractivity contribution < 1.29 is 26.2 Å². The Kier molecular flexibility index (Phi) is 11.1. The van der Waals surface area contributed by atoms with E-state index in [1.165, 1.54) is 33.4 Å². The van der Waals surface area contributed by atoms with E-state index >= 15 is 0 Å². The SMILES string of the molecule is C=C/C(=C1\CCc2ccccc21)c1ccnc(-c2[c-]c(-c3cccc4c3nc(-c3ccccc3O)n4-c3cc(C(C)(C)C)cc(C(C)(C)C)c3)cc(C(C)(C)C)c2)c1.[Pt]. The van der Waals surface area contributed by atoms with E-state index in [9.17, 15) is 5.11 Å². The summed E-state index contributed by atoms with van der Waals surface area (Å²) < 4.78 is 2.23. The van der Waals surface area contributed by atoms with Gasteiger partial charge >= 0.3 is 0 Å². The van der Waals surface area contributed by atoms with Gasteiger partial charge < -0.3 is 5.11 Å². The Balaban J connectivity index is 0.00000528. The van der Waals surface area contributed by atoms with Crippen molar-refractivity contribution in [1.82, 2.24) is 14.5 Å². The van der Waals surface area contributed by atoms with Crippen LogP contribution in [0.4, 0.5) is 0 Å². The minimum atomic E-state index is -0.150. The number of allylic oxidation sites excluding steroid dienone is 3. The largest absolute Gasteiger partial charge is 0.507 e. The first-order valence-corrected chi connectivity index (χ1v) is 20.5. The first kappa shape index (κ1) is 41.8. The Bertz CT molecular complexity index is 2730. The van der Waals surface area contributed by atoms with Crippen molar-refractivity contribution in [1.29, 1.82) is 0 Å². The van der Waals surface area contributed by atoms with Gasteiger partial charge in [-0.05, 0) is 104 Å². The molecule has 8 rings (SSSR count). The average Bonchev–Trinajstić information content (AvgIpc) is 3.79. The third kappa shape index (κ3) is 8.05. The van der Waals surface area contributed by atoms with E-state index in [0.29, 0.717) is 11.4 Å². The molecule has 0 radical (unpaired) electrons. The predicted octanol–water partition coefficient (Wildman–Crippen LogP) is 13.9. The molecular weight excluding hydrogens is 902 g/mol. The number of phenolic OH excluding ortho intramolecular Hbond substituents is 1. The number of aromatic nitrogens is 3. The van der Waals surface area contributed by atoms with E-state index in [2.05, 4.69) is 164 Å². The van der Waals surface area contributed by atoms with Gasteiger partial charge in [0.2, 0.25) is 0 Å². The zero-order valence-corrected chi connectivity index (χ0v) is 38.0. The molecule has 0 aliphatic heterocycles. The van der Waals surface area contributed by atoms with Crippen LogP contribution in [0, 0.1) is 6.07 Å². The van der Waals surface area contributed by atoms with Crippen LogP contribution in [0.1, 0.15) is 102 Å². The number of hydrogen-bond donors (Lipinski definition) is 1. The van der Waals surface area contributed by atoms with Crippen molar-refractivity contribution in [2.24, 2.45) is 0 Å². The number of phenols is 1. The number of fused-ring (bicyclic) bond motifs is 2. The van der Waals surface area contributed by atoms with Gasteiger partial charge in [0.15, 0.2) is 0 Å². The van der Waals surface area contributed by atoms with Crippen LogP contribution >= 0.6 is 0 Å². The summed E-state index contributed by atoms with van der Waals surface area (Å²) >= 11 is 0. The average molecular weight is 956 g/mol. The van der Waals surface area contributed by atoms with Gasteiger partial charge in [0.25, 0.3) is 0 Å². The van der Waals surface area contributed by atoms with Crippen molar-refractivity contribution in [3.8, 4) is 45.2 Å². The molecular formula is C54H54N3OPt-. The van der Waals surface area contributed by atoms with Crippen LogP contribution in [0.3, 0.4) is 0 Å². The molecule has 0 saturated carbocycles. The van der Waals surface area contributed by atoms with Crippen molar-refractivity contribution >= 4 is 22.2 Å². The molecule has 5 aromatic carbocycles. The standard InChI is InChI=1S/C54H54N3O.Pt/c1-11-42(45-24-23-34-17-12-13-18-43(34)45)35-25-26-55-47(30-35)37-27-36(28-38(29-37)52(2,3)4)44-20-16-21-48-50(44)56-51(46-19-14-15-22-49(46)58)57(48)41-32-39(53(5,6)7)31-40(33-41)54(8,9)10;/h11-22,25-26,28-33,58H,1,23-24H2,2-10H3;/q-1;/b45-42-;. The summed E-state index contributed by atoms with van der Waals surface area (Å²) in [5.74, 6) is 0.875. The van der Waals surface area contributed by atoms with Crippen LogP contribution < -0.4 is 0 Å². The van der Waals surface area contributed by atoms with Gasteiger partial charge in [-0.2, -0.15) is 0 Å². The molecule has 0 bridgehead atoms. The summed E-state index contributed by atoms with van der Waals surface area (Å²) in [5.41, 5.74) is 16.8. The maximum Gasteiger partial charge on any atom is 0.148 e. The molecule has 1 N–H and O–H groups in total. The second-order valence-electron chi connectivity index (χ2n) is 18.9. The summed E-state index contributed by atoms with van der Waals surface area (Å²) in [4.78, 5) is 10.4. The van der Waals surface area contributed by atoms with Crippen LogP contribution in [0.15, 0.2) is 128 Å². The summed E-state index contributed by atoms with van der Waals surface area (Å²) in [6.45, 7) is 24.6. The molecule has 1 aliphatic rings. The fraction of sp³-hybridized carbons (Fsp3) is 0.259. The number of aromatic hydroxyl groups is 1. The Morgan fingerprint density at radius 2 is 1.29 bits per heavy atom. The number of hydrogen-bond acceptors (Lipinski definition) is 3. The molecule has 0 amide bonds. The van der Waals surface area contributed by atoms with E-state index in [0.717, 1.165) is 63.1 Å². The zero-order chi connectivity index (χ0) is 41.1. The van der Waals surface area contributed by atoms with Gasteiger partial charge in [0.1, 0.15) is 11.6 Å². The molecule has 4 nitrogen and oxygen atoms in total. The quantitative estimate of drug-likeness (QED) is 0.169. The Morgan fingerprint density at radius 3 is 1.95 bits per heavy atom. The third-order valence-electron chi connectivity index (χ3n) is 11.6. The molecule has 0 fully saturated rings. The van der Waals surface area contributed by atoms with Crippen molar-refractivity contribution in [3.63, 3.8) is 0 Å². The molecule has 0 atom stereocenters. The predicted molar refractivity (Wildman–Crippen MR) is 244 cm³/mol. The minimum absolute atomic E-state index is 0. The molecule has 2 aromatic heterocycles. The van der Waals surface area contributed by atoms with Crippen molar-refractivity contribution in [2.75, 3.05) is 0 Å². The number of aryl methyl sites for hydroxylation is 1. The Morgan fingerprint density at radius 1 is 0.678 bits per heavy atom. The normalized spacial score (nSPS) is 13.9.